The predicted molar refractivity (Wildman–Crippen MR) is 84.0 cm³/mol. The molecular weight excluding hydrogens is 376 g/mol. The van der Waals surface area contributed by atoms with E-state index in [4.69, 9.17) is 18.9 Å². The van der Waals surface area contributed by atoms with E-state index >= 15 is 0 Å². The summed E-state index contributed by atoms with van der Waals surface area (Å²) in [6.07, 6.45) is 0. The van der Waals surface area contributed by atoms with Gasteiger partial charge in [0.15, 0.2) is 0 Å². The van der Waals surface area contributed by atoms with Gasteiger partial charge in [0, 0.05) is 6.07 Å². The summed E-state index contributed by atoms with van der Waals surface area (Å²) in [6, 6.07) is 6.12. The Balaban J connectivity index is 2.46. The fourth-order valence-electron chi connectivity index (χ4n) is 1.98. The standard InChI is InChI=1S/C14H14O9S2/c15-7-9-3-10(8-16)5-12(4-9)25(21,22)23-11-1-2-13(17)14(6-11)24(18,19)20/h1-6,15-17H,7-8H2,(H,18,19,20). The topological polar surface area (TPSA) is 158 Å². The highest BCUT2D eigenvalue weighted by Gasteiger charge is 2.22. The first-order valence-electron chi connectivity index (χ1n) is 6.66. The van der Waals surface area contributed by atoms with E-state index in [2.05, 4.69) is 0 Å². The van der Waals surface area contributed by atoms with Gasteiger partial charge in [0.1, 0.15) is 21.3 Å². The van der Waals surface area contributed by atoms with Crippen molar-refractivity contribution in [3.05, 3.63) is 47.5 Å². The Morgan fingerprint density at radius 2 is 1.44 bits per heavy atom. The van der Waals surface area contributed by atoms with Crippen molar-refractivity contribution in [2.45, 2.75) is 23.0 Å². The third kappa shape index (κ3) is 4.46. The van der Waals surface area contributed by atoms with Crippen molar-refractivity contribution >= 4 is 20.2 Å². The van der Waals surface area contributed by atoms with Crippen LogP contribution in [0.4, 0.5) is 0 Å². The SMILES string of the molecule is O=S(=O)(O)c1cc(OS(=O)(=O)c2cc(CO)cc(CO)c2)ccc1O. The van der Waals surface area contributed by atoms with E-state index in [-0.39, 0.29) is 16.0 Å². The molecule has 0 spiro atoms. The molecule has 0 aliphatic carbocycles. The lowest BCUT2D eigenvalue weighted by atomic mass is 10.1. The third-order valence-corrected chi connectivity index (χ3v) is 5.20. The summed E-state index contributed by atoms with van der Waals surface area (Å²) in [5.74, 6) is -1.25. The molecule has 9 nitrogen and oxygen atoms in total. The Hall–Kier alpha value is -2.18. The molecule has 0 aliphatic heterocycles. The van der Waals surface area contributed by atoms with Gasteiger partial charge >= 0.3 is 10.1 Å². The minimum atomic E-state index is -4.79. The zero-order valence-electron chi connectivity index (χ0n) is 12.5. The van der Waals surface area contributed by atoms with Crippen LogP contribution in [-0.2, 0) is 33.5 Å². The van der Waals surface area contributed by atoms with E-state index in [0.29, 0.717) is 6.07 Å². The summed E-state index contributed by atoms with van der Waals surface area (Å²) in [5, 5.41) is 27.7. The third-order valence-electron chi connectivity index (χ3n) is 3.10. The molecule has 2 aromatic rings. The number of aliphatic hydroxyl groups excluding tert-OH is 2. The van der Waals surface area contributed by atoms with Crippen LogP contribution in [0.3, 0.4) is 0 Å². The van der Waals surface area contributed by atoms with Crippen LogP contribution in [0.15, 0.2) is 46.2 Å². The molecule has 11 heteroatoms. The number of benzene rings is 2. The molecule has 0 aliphatic rings. The quantitative estimate of drug-likeness (QED) is 0.404. The second kappa shape index (κ2) is 6.98. The number of aromatic hydroxyl groups is 1. The summed E-state index contributed by atoms with van der Waals surface area (Å²) in [4.78, 5) is -1.29. The van der Waals surface area contributed by atoms with Gasteiger partial charge in [0.05, 0.1) is 13.2 Å². The maximum absolute atomic E-state index is 12.3. The molecule has 0 amide bonds. The van der Waals surface area contributed by atoms with Crippen LogP contribution in [0, 0.1) is 0 Å². The van der Waals surface area contributed by atoms with Crippen molar-refractivity contribution in [1.82, 2.24) is 0 Å². The van der Waals surface area contributed by atoms with Crippen molar-refractivity contribution in [3.63, 3.8) is 0 Å². The first-order valence-corrected chi connectivity index (χ1v) is 9.51. The highest BCUT2D eigenvalue weighted by Crippen LogP contribution is 2.29. The van der Waals surface area contributed by atoms with Gasteiger partial charge in [0.25, 0.3) is 10.1 Å². The van der Waals surface area contributed by atoms with Gasteiger partial charge < -0.3 is 19.5 Å². The van der Waals surface area contributed by atoms with Gasteiger partial charge in [0.2, 0.25) is 0 Å². The Morgan fingerprint density at radius 1 is 0.880 bits per heavy atom. The molecule has 4 N–H and O–H groups in total. The predicted octanol–water partition coefficient (Wildman–Crippen LogP) is 0.391. The molecule has 0 saturated heterocycles. The maximum Gasteiger partial charge on any atom is 0.339 e. The monoisotopic (exact) mass is 390 g/mol. The normalized spacial score (nSPS) is 12.1. The second-order valence-corrected chi connectivity index (χ2v) is 7.88. The van der Waals surface area contributed by atoms with E-state index < -0.39 is 49.8 Å². The van der Waals surface area contributed by atoms with E-state index in [9.17, 15) is 21.9 Å². The fraction of sp³-hybridized carbons (Fsp3) is 0.143. The minimum Gasteiger partial charge on any atom is -0.506 e. The average molecular weight is 390 g/mol. The van der Waals surface area contributed by atoms with Gasteiger partial charge in [-0.25, -0.2) is 0 Å². The molecule has 136 valence electrons. The Morgan fingerprint density at radius 3 is 1.92 bits per heavy atom. The van der Waals surface area contributed by atoms with Crippen LogP contribution >= 0.6 is 0 Å². The van der Waals surface area contributed by atoms with Gasteiger partial charge in [-0.05, 0) is 35.4 Å². The highest BCUT2D eigenvalue weighted by molar-refractivity contribution is 7.87. The first-order chi connectivity index (χ1) is 11.6. The number of aliphatic hydroxyl groups is 2. The van der Waals surface area contributed by atoms with Crippen LogP contribution < -0.4 is 4.18 Å². The Bertz CT molecular complexity index is 973. The summed E-state index contributed by atoms with van der Waals surface area (Å²) in [5.41, 5.74) is 0.441. The molecule has 2 rings (SSSR count). The molecule has 0 saturated carbocycles. The number of hydrogen-bond acceptors (Lipinski definition) is 8. The minimum absolute atomic E-state index is 0.220. The van der Waals surface area contributed by atoms with Gasteiger partial charge in [-0.15, -0.1) is 0 Å². The molecular formula is C14H14O9S2. The summed E-state index contributed by atoms with van der Waals surface area (Å²) >= 11 is 0. The van der Waals surface area contributed by atoms with E-state index in [1.165, 1.54) is 6.07 Å². The van der Waals surface area contributed by atoms with Crippen molar-refractivity contribution in [3.8, 4) is 11.5 Å². The Kier molecular flexibility index (Phi) is 5.34. The molecule has 25 heavy (non-hydrogen) atoms. The number of hydrogen-bond donors (Lipinski definition) is 4. The molecule has 0 aromatic heterocycles. The largest absolute Gasteiger partial charge is 0.506 e. The van der Waals surface area contributed by atoms with Crippen molar-refractivity contribution in [2.24, 2.45) is 0 Å². The van der Waals surface area contributed by atoms with Gasteiger partial charge in [-0.3, -0.25) is 4.55 Å². The maximum atomic E-state index is 12.3. The smallest absolute Gasteiger partial charge is 0.339 e. The lowest BCUT2D eigenvalue weighted by Gasteiger charge is -2.11. The molecule has 0 fully saturated rings. The lowest BCUT2D eigenvalue weighted by Crippen LogP contribution is -2.11. The molecule has 0 bridgehead atoms. The van der Waals surface area contributed by atoms with Crippen LogP contribution in [-0.4, -0.2) is 36.7 Å². The van der Waals surface area contributed by atoms with Gasteiger partial charge in [-0.2, -0.15) is 16.8 Å². The fourth-order valence-corrected chi connectivity index (χ4v) is 3.63. The first kappa shape index (κ1) is 19.1. The average Bonchev–Trinajstić information content (AvgIpc) is 2.54. The summed E-state index contributed by atoms with van der Waals surface area (Å²) < 4.78 is 60.7. The zero-order valence-corrected chi connectivity index (χ0v) is 14.2. The number of rotatable bonds is 6. The molecule has 0 heterocycles. The second-order valence-electron chi connectivity index (χ2n) is 4.94. The van der Waals surface area contributed by atoms with Crippen molar-refractivity contribution in [1.29, 1.82) is 0 Å². The van der Waals surface area contributed by atoms with E-state index in [1.807, 2.05) is 0 Å². The van der Waals surface area contributed by atoms with Crippen LogP contribution in [0.1, 0.15) is 11.1 Å². The highest BCUT2D eigenvalue weighted by atomic mass is 32.2. The molecule has 2 aromatic carbocycles. The number of phenols is 1. The van der Waals surface area contributed by atoms with E-state index in [0.717, 1.165) is 24.3 Å². The molecule has 0 radical (unpaired) electrons. The lowest BCUT2D eigenvalue weighted by molar-refractivity contribution is 0.274. The summed E-state index contributed by atoms with van der Waals surface area (Å²) in [6.45, 7) is -0.940. The van der Waals surface area contributed by atoms with Crippen molar-refractivity contribution in [2.75, 3.05) is 0 Å². The molecule has 0 atom stereocenters. The Labute approximate surface area is 143 Å². The zero-order chi connectivity index (χ0) is 18.8. The van der Waals surface area contributed by atoms with Crippen molar-refractivity contribution < 1.29 is 40.9 Å². The van der Waals surface area contributed by atoms with E-state index in [1.54, 1.807) is 0 Å². The van der Waals surface area contributed by atoms with Crippen LogP contribution in [0.2, 0.25) is 0 Å². The molecule has 0 unspecified atom stereocenters. The summed E-state index contributed by atoms with van der Waals surface area (Å²) in [7, 11) is -9.22. The van der Waals surface area contributed by atoms with Crippen LogP contribution in [0.5, 0.6) is 11.5 Å². The number of phenolic OH excluding ortho intramolecular Hbond substituents is 1. The van der Waals surface area contributed by atoms with Gasteiger partial charge in [-0.1, -0.05) is 6.07 Å². The van der Waals surface area contributed by atoms with Crippen LogP contribution in [0.25, 0.3) is 0 Å².